The monoisotopic (exact) mass is 250 g/mol. The van der Waals surface area contributed by atoms with E-state index in [1.54, 1.807) is 6.07 Å². The van der Waals surface area contributed by atoms with Gasteiger partial charge in [-0.15, -0.1) is 0 Å². The van der Waals surface area contributed by atoms with Crippen molar-refractivity contribution in [1.29, 1.82) is 5.26 Å². The number of aliphatic carboxylic acids is 1. The molecule has 94 valence electrons. The zero-order valence-electron chi connectivity index (χ0n) is 9.39. The van der Waals surface area contributed by atoms with Crippen LogP contribution in [0.1, 0.15) is 23.2 Å². The van der Waals surface area contributed by atoms with Gasteiger partial charge in [-0.3, -0.25) is 4.79 Å². The first-order valence-corrected chi connectivity index (χ1v) is 5.20. The van der Waals surface area contributed by atoms with Crippen molar-refractivity contribution < 1.29 is 19.1 Å². The Bertz CT molecular complexity index is 496. The van der Waals surface area contributed by atoms with Crippen LogP contribution in [0.3, 0.4) is 0 Å². The van der Waals surface area contributed by atoms with Gasteiger partial charge in [0.15, 0.2) is 0 Å². The van der Waals surface area contributed by atoms with E-state index in [-0.39, 0.29) is 18.4 Å². The molecule has 0 aromatic heterocycles. The van der Waals surface area contributed by atoms with Crippen LogP contribution in [0.4, 0.5) is 4.39 Å². The second kappa shape index (κ2) is 6.35. The molecule has 1 rings (SSSR count). The first-order chi connectivity index (χ1) is 8.54. The molecule has 0 radical (unpaired) electrons. The molecule has 0 saturated carbocycles. The molecule has 0 aliphatic rings. The molecule has 1 atom stereocenters. The SMILES string of the molecule is N#CCC[C@@H](NC(=O)c1cccc(F)c1)C(=O)O. The van der Waals surface area contributed by atoms with E-state index in [1.807, 2.05) is 0 Å². The van der Waals surface area contributed by atoms with E-state index in [2.05, 4.69) is 5.32 Å². The molecule has 0 unspecified atom stereocenters. The van der Waals surface area contributed by atoms with Crippen molar-refractivity contribution in [1.82, 2.24) is 5.32 Å². The molecule has 1 amide bonds. The van der Waals surface area contributed by atoms with Crippen molar-refractivity contribution >= 4 is 11.9 Å². The lowest BCUT2D eigenvalue weighted by Gasteiger charge is -2.12. The van der Waals surface area contributed by atoms with E-state index < -0.39 is 23.7 Å². The lowest BCUT2D eigenvalue weighted by atomic mass is 10.1. The van der Waals surface area contributed by atoms with Crippen LogP contribution in [-0.2, 0) is 4.79 Å². The fraction of sp³-hybridized carbons (Fsp3) is 0.250. The van der Waals surface area contributed by atoms with Crippen LogP contribution in [0.2, 0.25) is 0 Å². The van der Waals surface area contributed by atoms with E-state index in [9.17, 15) is 14.0 Å². The summed E-state index contributed by atoms with van der Waals surface area (Å²) in [6.45, 7) is 0. The van der Waals surface area contributed by atoms with Crippen molar-refractivity contribution in [2.24, 2.45) is 0 Å². The molecule has 0 saturated heterocycles. The fourth-order valence-electron chi connectivity index (χ4n) is 1.34. The van der Waals surface area contributed by atoms with Crippen molar-refractivity contribution in [2.45, 2.75) is 18.9 Å². The minimum Gasteiger partial charge on any atom is -0.480 e. The van der Waals surface area contributed by atoms with Crippen molar-refractivity contribution in [3.63, 3.8) is 0 Å². The normalized spacial score (nSPS) is 11.3. The topological polar surface area (TPSA) is 90.2 Å². The summed E-state index contributed by atoms with van der Waals surface area (Å²) in [7, 11) is 0. The Kier molecular flexibility index (Phi) is 4.81. The maximum atomic E-state index is 12.9. The molecular formula is C12H11FN2O3. The fourth-order valence-corrected chi connectivity index (χ4v) is 1.34. The molecule has 2 N–H and O–H groups in total. The van der Waals surface area contributed by atoms with E-state index >= 15 is 0 Å². The highest BCUT2D eigenvalue weighted by Crippen LogP contribution is 2.05. The summed E-state index contributed by atoms with van der Waals surface area (Å²) in [6.07, 6.45) is 0.0211. The Hall–Kier alpha value is -2.42. The lowest BCUT2D eigenvalue weighted by molar-refractivity contribution is -0.139. The van der Waals surface area contributed by atoms with Gasteiger partial charge in [0.2, 0.25) is 0 Å². The van der Waals surface area contributed by atoms with Crippen LogP contribution in [0.15, 0.2) is 24.3 Å². The maximum absolute atomic E-state index is 12.9. The van der Waals surface area contributed by atoms with Gasteiger partial charge < -0.3 is 10.4 Å². The van der Waals surface area contributed by atoms with Gasteiger partial charge in [0, 0.05) is 12.0 Å². The number of hydrogen-bond acceptors (Lipinski definition) is 3. The van der Waals surface area contributed by atoms with Gasteiger partial charge in [0.25, 0.3) is 5.91 Å². The van der Waals surface area contributed by atoms with Gasteiger partial charge >= 0.3 is 5.97 Å². The van der Waals surface area contributed by atoms with Crippen LogP contribution in [0.25, 0.3) is 0 Å². The third-order valence-corrected chi connectivity index (χ3v) is 2.24. The molecular weight excluding hydrogens is 239 g/mol. The molecule has 0 fully saturated rings. The number of halogens is 1. The second-order valence-electron chi connectivity index (χ2n) is 3.57. The highest BCUT2D eigenvalue weighted by molar-refractivity contribution is 5.96. The standard InChI is InChI=1S/C12H11FN2O3/c13-9-4-1-3-8(7-9)11(16)15-10(12(17)18)5-2-6-14/h1,3-4,7,10H,2,5H2,(H,15,16)(H,17,18)/t10-/m1/s1. The van der Waals surface area contributed by atoms with Gasteiger partial charge in [-0.25, -0.2) is 9.18 Å². The van der Waals surface area contributed by atoms with Crippen molar-refractivity contribution in [3.8, 4) is 6.07 Å². The number of hydrogen-bond donors (Lipinski definition) is 2. The average Bonchev–Trinajstić information content (AvgIpc) is 2.33. The molecule has 0 aliphatic heterocycles. The van der Waals surface area contributed by atoms with Gasteiger partial charge in [0.1, 0.15) is 11.9 Å². The summed E-state index contributed by atoms with van der Waals surface area (Å²) >= 11 is 0. The highest BCUT2D eigenvalue weighted by Gasteiger charge is 2.20. The Morgan fingerprint density at radius 3 is 2.78 bits per heavy atom. The maximum Gasteiger partial charge on any atom is 0.326 e. The largest absolute Gasteiger partial charge is 0.480 e. The zero-order chi connectivity index (χ0) is 13.5. The second-order valence-corrected chi connectivity index (χ2v) is 3.57. The molecule has 18 heavy (non-hydrogen) atoms. The van der Waals surface area contributed by atoms with E-state index in [1.165, 1.54) is 18.2 Å². The summed E-state index contributed by atoms with van der Waals surface area (Å²) < 4.78 is 12.9. The number of amides is 1. The third-order valence-electron chi connectivity index (χ3n) is 2.24. The number of nitrogens with zero attached hydrogens (tertiary/aromatic N) is 1. The van der Waals surface area contributed by atoms with Gasteiger partial charge in [0.05, 0.1) is 6.07 Å². The first kappa shape index (κ1) is 13.6. The lowest BCUT2D eigenvalue weighted by Crippen LogP contribution is -2.40. The summed E-state index contributed by atoms with van der Waals surface area (Å²) in [4.78, 5) is 22.5. The summed E-state index contributed by atoms with van der Waals surface area (Å²) in [5, 5.41) is 19.5. The van der Waals surface area contributed by atoms with Gasteiger partial charge in [-0.05, 0) is 24.6 Å². The van der Waals surface area contributed by atoms with Crippen LogP contribution in [0.5, 0.6) is 0 Å². The molecule has 0 bridgehead atoms. The molecule has 1 aromatic rings. The van der Waals surface area contributed by atoms with E-state index in [0.29, 0.717) is 0 Å². The first-order valence-electron chi connectivity index (χ1n) is 5.20. The van der Waals surface area contributed by atoms with Gasteiger partial charge in [-0.2, -0.15) is 5.26 Å². The van der Waals surface area contributed by atoms with Crippen LogP contribution in [0, 0.1) is 17.1 Å². The van der Waals surface area contributed by atoms with Gasteiger partial charge in [-0.1, -0.05) is 6.07 Å². The number of carbonyl (C=O) groups is 2. The number of nitriles is 1. The minimum atomic E-state index is -1.23. The molecule has 0 heterocycles. The Morgan fingerprint density at radius 2 is 2.22 bits per heavy atom. The Morgan fingerprint density at radius 1 is 1.50 bits per heavy atom. The number of benzene rings is 1. The smallest absolute Gasteiger partial charge is 0.326 e. The summed E-state index contributed by atoms with van der Waals surface area (Å²) in [5.41, 5.74) is 0.0400. The van der Waals surface area contributed by atoms with E-state index in [4.69, 9.17) is 10.4 Å². The molecule has 0 aliphatic carbocycles. The predicted molar refractivity (Wildman–Crippen MR) is 60.1 cm³/mol. The molecule has 5 nitrogen and oxygen atoms in total. The van der Waals surface area contributed by atoms with Crippen LogP contribution >= 0.6 is 0 Å². The zero-order valence-corrected chi connectivity index (χ0v) is 9.39. The molecule has 6 heteroatoms. The number of nitrogens with one attached hydrogen (secondary N) is 1. The molecule has 0 spiro atoms. The summed E-state index contributed by atoms with van der Waals surface area (Å²) in [5.74, 6) is -2.48. The third kappa shape index (κ3) is 3.87. The molecule has 1 aromatic carbocycles. The highest BCUT2D eigenvalue weighted by atomic mass is 19.1. The average molecular weight is 250 g/mol. The van der Waals surface area contributed by atoms with Crippen molar-refractivity contribution in [3.05, 3.63) is 35.6 Å². The predicted octanol–water partition coefficient (Wildman–Crippen LogP) is 1.31. The van der Waals surface area contributed by atoms with Crippen LogP contribution in [-0.4, -0.2) is 23.0 Å². The number of rotatable bonds is 5. The Balaban J connectivity index is 2.73. The van der Waals surface area contributed by atoms with Crippen LogP contribution < -0.4 is 5.32 Å². The quantitative estimate of drug-likeness (QED) is 0.824. The number of carbonyl (C=O) groups excluding carboxylic acids is 1. The van der Waals surface area contributed by atoms with E-state index in [0.717, 1.165) is 6.07 Å². The van der Waals surface area contributed by atoms with Crippen molar-refractivity contribution in [2.75, 3.05) is 0 Å². The minimum absolute atomic E-state index is 0.00683. The number of carboxylic acid groups (broad SMARTS) is 1. The summed E-state index contributed by atoms with van der Waals surface area (Å²) in [6, 6.07) is 5.58. The number of carboxylic acids is 1. The Labute approximate surface area is 103 Å².